The van der Waals surface area contributed by atoms with Crippen LogP contribution >= 0.6 is 11.8 Å². The van der Waals surface area contributed by atoms with Crippen molar-refractivity contribution in [2.75, 3.05) is 5.75 Å². The molecule has 0 aromatic heterocycles. The molecular weight excluding hydrogens is 210 g/mol. The summed E-state index contributed by atoms with van der Waals surface area (Å²) in [6, 6.07) is 4.86. The Morgan fingerprint density at radius 2 is 2.33 bits per heavy atom. The monoisotopic (exact) mass is 223 g/mol. The summed E-state index contributed by atoms with van der Waals surface area (Å²) in [5.41, 5.74) is 7.64. The molecule has 1 unspecified atom stereocenters. The van der Waals surface area contributed by atoms with Crippen molar-refractivity contribution < 1.29 is 9.90 Å². The first-order valence-electron chi connectivity index (χ1n) is 4.93. The zero-order chi connectivity index (χ0) is 10.8. The number of fused-ring (bicyclic) bond motifs is 1. The van der Waals surface area contributed by atoms with Gasteiger partial charge in [-0.1, -0.05) is 18.2 Å². The summed E-state index contributed by atoms with van der Waals surface area (Å²) >= 11 is 1.72. The van der Waals surface area contributed by atoms with E-state index in [1.165, 1.54) is 5.56 Å². The van der Waals surface area contributed by atoms with Crippen LogP contribution < -0.4 is 5.73 Å². The largest absolute Gasteiger partial charge is 0.480 e. The highest BCUT2D eigenvalue weighted by Gasteiger charge is 2.21. The van der Waals surface area contributed by atoms with Crippen molar-refractivity contribution in [2.45, 2.75) is 23.8 Å². The van der Waals surface area contributed by atoms with Crippen molar-refractivity contribution in [1.29, 1.82) is 0 Å². The number of carboxylic acid groups (broad SMARTS) is 1. The van der Waals surface area contributed by atoms with Gasteiger partial charge in [0.25, 0.3) is 0 Å². The Balaban J connectivity index is 2.43. The highest BCUT2D eigenvalue weighted by molar-refractivity contribution is 7.99. The van der Waals surface area contributed by atoms with E-state index in [-0.39, 0.29) is 0 Å². The maximum absolute atomic E-state index is 10.9. The third kappa shape index (κ3) is 2.01. The van der Waals surface area contributed by atoms with Crippen LogP contribution in [0.15, 0.2) is 23.1 Å². The highest BCUT2D eigenvalue weighted by Crippen LogP contribution is 2.35. The Bertz CT molecular complexity index is 392. The normalized spacial score (nSPS) is 16.9. The molecule has 15 heavy (non-hydrogen) atoms. The molecule has 3 nitrogen and oxygen atoms in total. The Labute approximate surface area is 92.7 Å². The first-order valence-corrected chi connectivity index (χ1v) is 5.91. The first-order chi connectivity index (χ1) is 7.20. The van der Waals surface area contributed by atoms with Crippen molar-refractivity contribution in [1.82, 2.24) is 0 Å². The topological polar surface area (TPSA) is 63.3 Å². The Kier molecular flexibility index (Phi) is 2.98. The number of aryl methyl sites for hydroxylation is 1. The van der Waals surface area contributed by atoms with Gasteiger partial charge in [-0.3, -0.25) is 4.79 Å². The molecule has 1 aromatic carbocycles. The first kappa shape index (κ1) is 10.5. The van der Waals surface area contributed by atoms with Crippen molar-refractivity contribution in [3.63, 3.8) is 0 Å². The van der Waals surface area contributed by atoms with Gasteiger partial charge in [-0.05, 0) is 29.7 Å². The minimum atomic E-state index is -0.963. The van der Waals surface area contributed by atoms with Gasteiger partial charge < -0.3 is 10.8 Å². The van der Waals surface area contributed by atoms with E-state index in [1.54, 1.807) is 11.8 Å². The molecule has 0 fully saturated rings. The number of carbonyl (C=O) groups is 1. The van der Waals surface area contributed by atoms with E-state index in [2.05, 4.69) is 6.07 Å². The lowest BCUT2D eigenvalue weighted by Crippen LogP contribution is -2.22. The molecule has 0 bridgehead atoms. The lowest BCUT2D eigenvalue weighted by molar-refractivity contribution is -0.138. The van der Waals surface area contributed by atoms with Crippen LogP contribution in [0.4, 0.5) is 0 Å². The molecule has 0 amide bonds. The van der Waals surface area contributed by atoms with E-state index in [4.69, 9.17) is 10.8 Å². The maximum atomic E-state index is 10.9. The minimum Gasteiger partial charge on any atom is -0.480 e. The van der Waals surface area contributed by atoms with Crippen LogP contribution in [0.1, 0.15) is 23.6 Å². The molecule has 1 aromatic rings. The number of thioether (sulfide) groups is 1. The SMILES string of the molecule is NC(C(=O)O)c1cccc2c1SCCC2. The van der Waals surface area contributed by atoms with E-state index in [0.717, 1.165) is 29.1 Å². The summed E-state index contributed by atoms with van der Waals surface area (Å²) in [6.07, 6.45) is 2.19. The van der Waals surface area contributed by atoms with Crippen LogP contribution in [0, 0.1) is 0 Å². The van der Waals surface area contributed by atoms with E-state index in [0.29, 0.717) is 0 Å². The number of rotatable bonds is 2. The molecule has 0 spiro atoms. The van der Waals surface area contributed by atoms with Crippen molar-refractivity contribution >= 4 is 17.7 Å². The summed E-state index contributed by atoms with van der Waals surface area (Å²) in [6.45, 7) is 0. The quantitative estimate of drug-likeness (QED) is 0.802. The lowest BCUT2D eigenvalue weighted by atomic mass is 10.0. The Morgan fingerprint density at radius 3 is 3.07 bits per heavy atom. The van der Waals surface area contributed by atoms with Crippen molar-refractivity contribution in [3.8, 4) is 0 Å². The van der Waals surface area contributed by atoms with E-state index < -0.39 is 12.0 Å². The van der Waals surface area contributed by atoms with Gasteiger partial charge in [-0.25, -0.2) is 0 Å². The third-order valence-corrected chi connectivity index (χ3v) is 3.84. The number of nitrogens with two attached hydrogens (primary N) is 1. The van der Waals surface area contributed by atoms with Gasteiger partial charge in [-0.2, -0.15) is 0 Å². The molecule has 0 saturated heterocycles. The Hall–Kier alpha value is -1.00. The predicted molar refractivity (Wildman–Crippen MR) is 60.1 cm³/mol. The second kappa shape index (κ2) is 4.24. The van der Waals surface area contributed by atoms with Gasteiger partial charge >= 0.3 is 5.97 Å². The van der Waals surface area contributed by atoms with Gasteiger partial charge in [0, 0.05) is 4.90 Å². The summed E-state index contributed by atoms with van der Waals surface area (Å²) < 4.78 is 0. The van der Waals surface area contributed by atoms with Gasteiger partial charge in [0.1, 0.15) is 6.04 Å². The molecule has 4 heteroatoms. The summed E-state index contributed by atoms with van der Waals surface area (Å²) in [5, 5.41) is 8.90. The lowest BCUT2D eigenvalue weighted by Gasteiger charge is -2.20. The zero-order valence-electron chi connectivity index (χ0n) is 8.27. The molecule has 2 rings (SSSR count). The average molecular weight is 223 g/mol. The summed E-state index contributed by atoms with van der Waals surface area (Å²) in [7, 11) is 0. The smallest absolute Gasteiger partial charge is 0.325 e. The van der Waals surface area contributed by atoms with Crippen LogP contribution in [0.5, 0.6) is 0 Å². The molecule has 3 N–H and O–H groups in total. The van der Waals surface area contributed by atoms with Gasteiger partial charge in [-0.15, -0.1) is 11.8 Å². The second-order valence-corrected chi connectivity index (χ2v) is 4.71. The van der Waals surface area contributed by atoms with Gasteiger partial charge in [0.15, 0.2) is 0 Å². The molecule has 80 valence electrons. The zero-order valence-corrected chi connectivity index (χ0v) is 9.09. The van der Waals surface area contributed by atoms with Crippen LogP contribution in [0.25, 0.3) is 0 Å². The average Bonchev–Trinajstić information content (AvgIpc) is 2.27. The van der Waals surface area contributed by atoms with Crippen LogP contribution in [0.2, 0.25) is 0 Å². The van der Waals surface area contributed by atoms with Crippen molar-refractivity contribution in [3.05, 3.63) is 29.3 Å². The van der Waals surface area contributed by atoms with E-state index >= 15 is 0 Å². The molecule has 0 aliphatic carbocycles. The minimum absolute atomic E-state index is 0.754. The molecule has 0 radical (unpaired) electrons. The number of aliphatic carboxylic acids is 1. The number of carboxylic acids is 1. The molecule has 1 atom stereocenters. The Morgan fingerprint density at radius 1 is 1.53 bits per heavy atom. The van der Waals surface area contributed by atoms with E-state index in [1.807, 2.05) is 12.1 Å². The summed E-state index contributed by atoms with van der Waals surface area (Å²) in [5.74, 6) is 0.0886. The van der Waals surface area contributed by atoms with Gasteiger partial charge in [0.2, 0.25) is 0 Å². The molecule has 1 heterocycles. The fourth-order valence-corrected chi connectivity index (χ4v) is 3.00. The maximum Gasteiger partial charge on any atom is 0.325 e. The standard InChI is InChI=1S/C11H13NO2S/c12-9(11(13)14)8-5-1-3-7-4-2-6-15-10(7)8/h1,3,5,9H,2,4,6,12H2,(H,13,14). The fraction of sp³-hybridized carbons (Fsp3) is 0.364. The predicted octanol–water partition coefficient (Wildman–Crippen LogP) is 1.81. The van der Waals surface area contributed by atoms with Crippen LogP contribution in [-0.4, -0.2) is 16.8 Å². The molecular formula is C11H13NO2S. The molecule has 0 saturated carbocycles. The molecule has 1 aliphatic rings. The fourth-order valence-electron chi connectivity index (χ4n) is 1.79. The number of hydrogen-bond donors (Lipinski definition) is 2. The van der Waals surface area contributed by atoms with Gasteiger partial charge in [0.05, 0.1) is 0 Å². The third-order valence-electron chi connectivity index (χ3n) is 2.56. The molecule has 1 aliphatic heterocycles. The second-order valence-electron chi connectivity index (χ2n) is 3.60. The van der Waals surface area contributed by atoms with Crippen LogP contribution in [0.3, 0.4) is 0 Å². The number of benzene rings is 1. The van der Waals surface area contributed by atoms with E-state index in [9.17, 15) is 4.79 Å². The van der Waals surface area contributed by atoms with Crippen molar-refractivity contribution in [2.24, 2.45) is 5.73 Å². The highest BCUT2D eigenvalue weighted by atomic mass is 32.2. The summed E-state index contributed by atoms with van der Waals surface area (Å²) in [4.78, 5) is 11.9. The number of hydrogen-bond acceptors (Lipinski definition) is 3. The van der Waals surface area contributed by atoms with Crippen LogP contribution in [-0.2, 0) is 11.2 Å².